The van der Waals surface area contributed by atoms with Crippen LogP contribution in [0.4, 0.5) is 4.79 Å². The van der Waals surface area contributed by atoms with Gasteiger partial charge >= 0.3 is 6.09 Å². The van der Waals surface area contributed by atoms with Gasteiger partial charge in [0.25, 0.3) is 0 Å². The standard InChI is InChI=1S/C13H19NO3/c1-13(2,3)17-12(16)14-10-8-5-4-7(6-8)9(10)11(14)15/h7-10H,4-6H2,1-3H3/t7-,8-,9-,10-/m1/s1. The summed E-state index contributed by atoms with van der Waals surface area (Å²) in [4.78, 5) is 25.3. The Morgan fingerprint density at radius 1 is 1.29 bits per heavy atom. The van der Waals surface area contributed by atoms with Crippen molar-refractivity contribution in [3.05, 3.63) is 0 Å². The second-order valence-electron chi connectivity index (χ2n) is 6.54. The molecule has 17 heavy (non-hydrogen) atoms. The average Bonchev–Trinajstić information content (AvgIpc) is 2.70. The minimum absolute atomic E-state index is 0.00329. The Bertz CT molecular complexity index is 385. The summed E-state index contributed by atoms with van der Waals surface area (Å²) < 4.78 is 5.29. The molecule has 0 spiro atoms. The molecule has 1 heterocycles. The quantitative estimate of drug-likeness (QED) is 0.607. The normalized spacial score (nSPS) is 39.0. The zero-order valence-electron chi connectivity index (χ0n) is 10.6. The van der Waals surface area contributed by atoms with E-state index >= 15 is 0 Å². The summed E-state index contributed by atoms with van der Waals surface area (Å²) in [5.74, 6) is 1.20. The molecule has 0 N–H and O–H groups in total. The molecule has 0 radical (unpaired) electrons. The van der Waals surface area contributed by atoms with Crippen LogP contribution in [-0.4, -0.2) is 28.5 Å². The number of nitrogens with zero attached hydrogens (tertiary/aromatic N) is 1. The Balaban J connectivity index is 1.74. The van der Waals surface area contributed by atoms with Crippen molar-refractivity contribution >= 4 is 12.0 Å². The van der Waals surface area contributed by atoms with Gasteiger partial charge in [-0.15, -0.1) is 0 Å². The van der Waals surface area contributed by atoms with Gasteiger partial charge in [-0.3, -0.25) is 4.79 Å². The molecule has 0 aromatic carbocycles. The molecule has 4 atom stereocenters. The molecule has 2 amide bonds. The first-order valence-electron chi connectivity index (χ1n) is 6.44. The van der Waals surface area contributed by atoms with E-state index < -0.39 is 11.7 Å². The molecule has 2 aliphatic carbocycles. The van der Waals surface area contributed by atoms with E-state index in [1.165, 1.54) is 17.7 Å². The van der Waals surface area contributed by atoms with E-state index in [0.29, 0.717) is 11.8 Å². The molecule has 4 heteroatoms. The number of hydrogen-bond acceptors (Lipinski definition) is 3. The molecule has 3 rings (SSSR count). The summed E-state index contributed by atoms with van der Waals surface area (Å²) in [6.45, 7) is 5.48. The third kappa shape index (κ3) is 1.49. The smallest absolute Gasteiger partial charge is 0.417 e. The van der Waals surface area contributed by atoms with Gasteiger partial charge in [-0.1, -0.05) is 0 Å². The lowest BCUT2D eigenvalue weighted by atomic mass is 9.76. The zero-order valence-corrected chi connectivity index (χ0v) is 10.6. The molecule has 94 valence electrons. The Morgan fingerprint density at radius 2 is 1.94 bits per heavy atom. The van der Waals surface area contributed by atoms with Crippen molar-refractivity contribution in [3.63, 3.8) is 0 Å². The van der Waals surface area contributed by atoms with Gasteiger partial charge in [-0.2, -0.15) is 0 Å². The van der Waals surface area contributed by atoms with E-state index in [1.807, 2.05) is 20.8 Å². The highest BCUT2D eigenvalue weighted by Gasteiger charge is 2.64. The molecule has 4 nitrogen and oxygen atoms in total. The molecule has 3 fully saturated rings. The molecule has 3 aliphatic rings. The topological polar surface area (TPSA) is 46.6 Å². The summed E-state index contributed by atoms with van der Waals surface area (Å²) in [7, 11) is 0. The van der Waals surface area contributed by atoms with Crippen LogP contribution in [-0.2, 0) is 9.53 Å². The molecule has 2 bridgehead atoms. The van der Waals surface area contributed by atoms with Gasteiger partial charge in [0.15, 0.2) is 0 Å². The van der Waals surface area contributed by atoms with Crippen LogP contribution in [0.15, 0.2) is 0 Å². The molecule has 1 saturated heterocycles. The molecule has 0 unspecified atom stereocenters. The maximum absolute atomic E-state index is 12.0. The predicted molar refractivity (Wildman–Crippen MR) is 61.2 cm³/mol. The maximum atomic E-state index is 12.0. The van der Waals surface area contributed by atoms with Gasteiger partial charge in [-0.05, 0) is 51.9 Å². The Kier molecular flexibility index (Phi) is 2.11. The first kappa shape index (κ1) is 11.1. The Hall–Kier alpha value is -1.06. The highest BCUT2D eigenvalue weighted by Crippen LogP contribution is 2.56. The van der Waals surface area contributed by atoms with E-state index in [2.05, 4.69) is 0 Å². The van der Waals surface area contributed by atoms with Crippen molar-refractivity contribution < 1.29 is 14.3 Å². The van der Waals surface area contributed by atoms with Crippen molar-refractivity contribution in [2.75, 3.05) is 0 Å². The van der Waals surface area contributed by atoms with Gasteiger partial charge in [0.1, 0.15) is 5.60 Å². The van der Waals surface area contributed by atoms with Crippen LogP contribution in [0.1, 0.15) is 40.0 Å². The number of ether oxygens (including phenoxy) is 1. The zero-order chi connectivity index (χ0) is 12.4. The fraction of sp³-hybridized carbons (Fsp3) is 0.846. The predicted octanol–water partition coefficient (Wildman–Crippen LogP) is 2.18. The monoisotopic (exact) mass is 237 g/mol. The highest BCUT2D eigenvalue weighted by molar-refractivity contribution is 6.00. The summed E-state index contributed by atoms with van der Waals surface area (Å²) in [5.41, 5.74) is -0.528. The number of likely N-dealkylation sites (tertiary alicyclic amines) is 1. The number of fused-ring (bicyclic) bond motifs is 5. The second-order valence-corrected chi connectivity index (χ2v) is 6.54. The molecular weight excluding hydrogens is 218 g/mol. The van der Waals surface area contributed by atoms with Crippen LogP contribution in [0, 0.1) is 17.8 Å². The number of hydrogen-bond donors (Lipinski definition) is 0. The molecule has 2 saturated carbocycles. The van der Waals surface area contributed by atoms with Gasteiger partial charge in [-0.25, -0.2) is 9.69 Å². The molecule has 1 aliphatic heterocycles. The first-order chi connectivity index (χ1) is 7.88. The number of rotatable bonds is 0. The van der Waals surface area contributed by atoms with Crippen LogP contribution in [0.2, 0.25) is 0 Å². The minimum atomic E-state index is -0.528. The van der Waals surface area contributed by atoms with E-state index in [1.54, 1.807) is 0 Å². The number of imide groups is 1. The SMILES string of the molecule is CC(C)(C)OC(=O)N1C(=O)[C@@H]2[C@@H]3CC[C@H](C3)[C@H]21. The number of amides is 2. The van der Waals surface area contributed by atoms with E-state index in [4.69, 9.17) is 4.74 Å². The number of β-lactam (4-membered cyclic amide) rings is 1. The van der Waals surface area contributed by atoms with E-state index in [9.17, 15) is 9.59 Å². The van der Waals surface area contributed by atoms with Crippen molar-refractivity contribution in [3.8, 4) is 0 Å². The third-order valence-electron chi connectivity index (χ3n) is 4.28. The van der Waals surface area contributed by atoms with Crippen LogP contribution < -0.4 is 0 Å². The van der Waals surface area contributed by atoms with Crippen LogP contribution in [0.25, 0.3) is 0 Å². The average molecular weight is 237 g/mol. The highest BCUT2D eigenvalue weighted by atomic mass is 16.6. The van der Waals surface area contributed by atoms with Crippen molar-refractivity contribution in [2.45, 2.75) is 51.7 Å². The first-order valence-corrected chi connectivity index (χ1v) is 6.44. The number of carbonyl (C=O) groups is 2. The maximum Gasteiger partial charge on any atom is 0.417 e. The fourth-order valence-corrected chi connectivity index (χ4v) is 3.73. The largest absolute Gasteiger partial charge is 0.443 e. The second kappa shape index (κ2) is 3.24. The van der Waals surface area contributed by atoms with Crippen LogP contribution >= 0.6 is 0 Å². The molecule has 0 aromatic rings. The Labute approximate surface area is 101 Å². The summed E-state index contributed by atoms with van der Waals surface area (Å²) in [6.07, 6.45) is 3.01. The lowest BCUT2D eigenvalue weighted by molar-refractivity contribution is -0.157. The van der Waals surface area contributed by atoms with E-state index in [-0.39, 0.29) is 17.9 Å². The summed E-state index contributed by atoms with van der Waals surface area (Å²) in [6, 6.07) is 0.149. The lowest BCUT2D eigenvalue weighted by Gasteiger charge is -2.47. The van der Waals surface area contributed by atoms with Gasteiger partial charge < -0.3 is 4.74 Å². The van der Waals surface area contributed by atoms with Gasteiger partial charge in [0.2, 0.25) is 5.91 Å². The van der Waals surface area contributed by atoms with Crippen molar-refractivity contribution in [1.82, 2.24) is 4.90 Å². The van der Waals surface area contributed by atoms with Gasteiger partial charge in [0.05, 0.1) is 12.0 Å². The molecular formula is C13H19NO3. The summed E-state index contributed by atoms with van der Waals surface area (Å²) in [5, 5.41) is 0. The van der Waals surface area contributed by atoms with Crippen LogP contribution in [0.3, 0.4) is 0 Å². The van der Waals surface area contributed by atoms with Gasteiger partial charge in [0, 0.05) is 0 Å². The number of carbonyl (C=O) groups excluding carboxylic acids is 2. The molecule has 0 aromatic heterocycles. The van der Waals surface area contributed by atoms with Crippen molar-refractivity contribution in [1.29, 1.82) is 0 Å². The fourth-order valence-electron chi connectivity index (χ4n) is 3.73. The van der Waals surface area contributed by atoms with Crippen LogP contribution in [0.5, 0.6) is 0 Å². The Morgan fingerprint density at radius 3 is 2.59 bits per heavy atom. The summed E-state index contributed by atoms with van der Waals surface area (Å²) >= 11 is 0. The lowest BCUT2D eigenvalue weighted by Crippen LogP contribution is -2.65. The minimum Gasteiger partial charge on any atom is -0.443 e. The van der Waals surface area contributed by atoms with Crippen molar-refractivity contribution in [2.24, 2.45) is 17.8 Å². The third-order valence-corrected chi connectivity index (χ3v) is 4.28. The van der Waals surface area contributed by atoms with E-state index in [0.717, 1.165) is 6.42 Å².